The SMILES string of the molecule is CCN=Cc1cccc(C=NCC)n1.[Cl-].[Cl-].[Cl-].[Co+3]. The molecule has 0 amide bonds. The molecule has 0 radical (unpaired) electrons. The van der Waals surface area contributed by atoms with Crippen LogP contribution in [0.25, 0.3) is 0 Å². The van der Waals surface area contributed by atoms with E-state index >= 15 is 0 Å². The molecule has 1 rings (SSSR count). The molecule has 1 heterocycles. The first-order valence-electron chi connectivity index (χ1n) is 4.83. The maximum atomic E-state index is 4.35. The van der Waals surface area contributed by atoms with Crippen molar-refractivity contribution in [3.63, 3.8) is 0 Å². The van der Waals surface area contributed by atoms with E-state index in [2.05, 4.69) is 15.0 Å². The van der Waals surface area contributed by atoms with Crippen LogP contribution < -0.4 is 37.2 Å². The number of aromatic nitrogens is 1. The Balaban J connectivity index is -0.000000245. The van der Waals surface area contributed by atoms with E-state index in [4.69, 9.17) is 0 Å². The Morgan fingerprint density at radius 1 is 0.944 bits per heavy atom. The molecular weight excluding hydrogens is 339 g/mol. The number of hydrogen-bond acceptors (Lipinski definition) is 3. The van der Waals surface area contributed by atoms with Gasteiger partial charge in [-0.1, -0.05) is 6.07 Å². The van der Waals surface area contributed by atoms with Gasteiger partial charge >= 0.3 is 16.8 Å². The summed E-state index contributed by atoms with van der Waals surface area (Å²) in [6, 6.07) is 5.83. The van der Waals surface area contributed by atoms with Crippen LogP contribution in [-0.2, 0) is 16.8 Å². The van der Waals surface area contributed by atoms with Gasteiger partial charge in [0.15, 0.2) is 0 Å². The van der Waals surface area contributed by atoms with Crippen molar-refractivity contribution in [1.29, 1.82) is 0 Å². The maximum absolute atomic E-state index is 4.35. The number of rotatable bonds is 4. The molecule has 7 heteroatoms. The van der Waals surface area contributed by atoms with Crippen molar-refractivity contribution in [3.05, 3.63) is 29.6 Å². The minimum absolute atomic E-state index is 0. The van der Waals surface area contributed by atoms with Crippen LogP contribution in [0.15, 0.2) is 28.2 Å². The molecule has 0 N–H and O–H groups in total. The Morgan fingerprint density at radius 3 is 1.67 bits per heavy atom. The first-order valence-corrected chi connectivity index (χ1v) is 4.83. The first-order chi connectivity index (χ1) is 6.86. The zero-order valence-corrected chi connectivity index (χ0v) is 13.4. The summed E-state index contributed by atoms with van der Waals surface area (Å²) in [5.74, 6) is 0. The molecule has 1 aromatic heterocycles. The number of aliphatic imine (C=N–C) groups is 2. The van der Waals surface area contributed by atoms with Crippen LogP contribution in [0.2, 0.25) is 0 Å². The zero-order valence-electron chi connectivity index (χ0n) is 10.1. The molecule has 0 spiro atoms. The summed E-state index contributed by atoms with van der Waals surface area (Å²) < 4.78 is 0. The van der Waals surface area contributed by atoms with E-state index in [1.54, 1.807) is 12.4 Å². The van der Waals surface area contributed by atoms with Crippen molar-refractivity contribution in [3.8, 4) is 0 Å². The van der Waals surface area contributed by atoms with Gasteiger partial charge in [0.05, 0.1) is 11.4 Å². The normalized spacial score (nSPS) is 9.00. The third-order valence-corrected chi connectivity index (χ3v) is 1.60. The van der Waals surface area contributed by atoms with Crippen LogP contribution in [0, 0.1) is 0 Å². The molecule has 0 atom stereocenters. The second kappa shape index (κ2) is 16.9. The summed E-state index contributed by atoms with van der Waals surface area (Å²) in [6.45, 7) is 5.57. The van der Waals surface area contributed by atoms with Crippen molar-refractivity contribution >= 4 is 12.4 Å². The molecule has 0 aliphatic carbocycles. The molecule has 0 aliphatic heterocycles. The van der Waals surface area contributed by atoms with Crippen LogP contribution in [-0.4, -0.2) is 30.5 Å². The van der Waals surface area contributed by atoms with Crippen molar-refractivity contribution in [2.24, 2.45) is 9.98 Å². The van der Waals surface area contributed by atoms with Gasteiger partial charge in [-0.15, -0.1) is 0 Å². The van der Waals surface area contributed by atoms with Gasteiger partial charge in [0.25, 0.3) is 0 Å². The molecular formula is C11H15Cl3CoN3. The van der Waals surface area contributed by atoms with Crippen molar-refractivity contribution in [2.75, 3.05) is 13.1 Å². The third kappa shape index (κ3) is 11.0. The summed E-state index contributed by atoms with van der Waals surface area (Å²) in [5, 5.41) is 0. The first kappa shape index (κ1) is 26.4. The average Bonchev–Trinajstić information content (AvgIpc) is 2.24. The molecule has 0 aliphatic rings. The minimum atomic E-state index is 0. The Morgan fingerprint density at radius 2 is 1.33 bits per heavy atom. The predicted octanol–water partition coefficient (Wildman–Crippen LogP) is -7.03. The summed E-state index contributed by atoms with van der Waals surface area (Å²) in [4.78, 5) is 12.6. The Hall–Kier alpha value is -0.134. The van der Waals surface area contributed by atoms with Gasteiger partial charge in [-0.3, -0.25) is 9.98 Å². The van der Waals surface area contributed by atoms with Gasteiger partial charge in [0.1, 0.15) is 0 Å². The number of hydrogen-bond donors (Lipinski definition) is 0. The fourth-order valence-electron chi connectivity index (χ4n) is 0.982. The predicted molar refractivity (Wildman–Crippen MR) is 60.5 cm³/mol. The van der Waals surface area contributed by atoms with Crippen LogP contribution in [0.4, 0.5) is 0 Å². The molecule has 0 bridgehead atoms. The van der Waals surface area contributed by atoms with E-state index in [0.29, 0.717) is 0 Å². The molecule has 18 heavy (non-hydrogen) atoms. The van der Waals surface area contributed by atoms with Crippen LogP contribution in [0.1, 0.15) is 25.2 Å². The summed E-state index contributed by atoms with van der Waals surface area (Å²) in [6.07, 6.45) is 3.56. The molecule has 3 nitrogen and oxygen atoms in total. The van der Waals surface area contributed by atoms with Gasteiger partial charge in [-0.2, -0.15) is 0 Å². The molecule has 1 aromatic rings. The van der Waals surface area contributed by atoms with Crippen LogP contribution >= 0.6 is 0 Å². The van der Waals surface area contributed by atoms with Gasteiger partial charge < -0.3 is 37.2 Å². The molecule has 104 valence electrons. The zero-order chi connectivity index (χ0) is 10.2. The second-order valence-corrected chi connectivity index (χ2v) is 2.74. The smallest absolute Gasteiger partial charge is 1.00 e. The summed E-state index contributed by atoms with van der Waals surface area (Å²) in [7, 11) is 0. The Kier molecular flexibility index (Phi) is 24.8. The van der Waals surface area contributed by atoms with E-state index in [-0.39, 0.29) is 54.0 Å². The van der Waals surface area contributed by atoms with E-state index in [9.17, 15) is 0 Å². The minimum Gasteiger partial charge on any atom is -1.00 e. The fraction of sp³-hybridized carbons (Fsp3) is 0.364. The van der Waals surface area contributed by atoms with E-state index < -0.39 is 0 Å². The van der Waals surface area contributed by atoms with Crippen molar-refractivity contribution in [2.45, 2.75) is 13.8 Å². The molecule has 0 unspecified atom stereocenters. The number of pyridine rings is 1. The Bertz CT molecular complexity index is 317. The molecule has 0 fully saturated rings. The fourth-order valence-corrected chi connectivity index (χ4v) is 0.982. The van der Waals surface area contributed by atoms with Gasteiger partial charge in [0.2, 0.25) is 0 Å². The van der Waals surface area contributed by atoms with E-state index in [1.165, 1.54) is 0 Å². The summed E-state index contributed by atoms with van der Waals surface area (Å²) >= 11 is 0. The number of halogens is 3. The van der Waals surface area contributed by atoms with Gasteiger partial charge in [-0.25, -0.2) is 4.98 Å². The quantitative estimate of drug-likeness (QED) is 0.495. The second-order valence-electron chi connectivity index (χ2n) is 2.74. The third-order valence-electron chi connectivity index (χ3n) is 1.60. The van der Waals surface area contributed by atoms with Gasteiger partial charge in [0, 0.05) is 25.5 Å². The van der Waals surface area contributed by atoms with Crippen molar-refractivity contribution < 1.29 is 54.0 Å². The number of nitrogens with zero attached hydrogens (tertiary/aromatic N) is 3. The van der Waals surface area contributed by atoms with Crippen LogP contribution in [0.5, 0.6) is 0 Å². The maximum Gasteiger partial charge on any atom is 3.00 e. The largest absolute Gasteiger partial charge is 3.00 e. The Labute approximate surface area is 137 Å². The molecule has 0 aromatic carbocycles. The van der Waals surface area contributed by atoms with E-state index in [0.717, 1.165) is 24.5 Å². The van der Waals surface area contributed by atoms with Crippen molar-refractivity contribution in [1.82, 2.24) is 4.98 Å². The topological polar surface area (TPSA) is 37.6 Å². The van der Waals surface area contributed by atoms with Gasteiger partial charge in [-0.05, 0) is 26.0 Å². The van der Waals surface area contributed by atoms with Crippen LogP contribution in [0.3, 0.4) is 0 Å². The monoisotopic (exact) mass is 353 g/mol. The molecule has 0 saturated carbocycles. The van der Waals surface area contributed by atoms with E-state index in [1.807, 2.05) is 32.0 Å². The standard InChI is InChI=1S/C11H15N3.3ClH.Co/c1-3-12-8-10-6-5-7-11(14-10)9-13-4-2;;;;/h5-9H,3-4H2,1-2H3;3*1H;/q;;;;+3/p-3. The molecule has 0 saturated heterocycles. The average molecular weight is 355 g/mol. The summed E-state index contributed by atoms with van der Waals surface area (Å²) in [5.41, 5.74) is 1.76.